The van der Waals surface area contributed by atoms with Gasteiger partial charge < -0.3 is 16.0 Å². The molecule has 0 aromatic heterocycles. The maximum Gasteiger partial charge on any atom is 0.253 e. The predicted octanol–water partition coefficient (Wildman–Crippen LogP) is 3.85. The maximum atomic E-state index is 13.1. The van der Waals surface area contributed by atoms with Gasteiger partial charge >= 0.3 is 0 Å². The molecule has 0 heterocycles. The molecule has 3 rings (SSSR count). The van der Waals surface area contributed by atoms with Crippen LogP contribution in [0.5, 0.6) is 0 Å². The molecule has 0 unspecified atom stereocenters. The first-order valence-corrected chi connectivity index (χ1v) is 10.6. The highest BCUT2D eigenvalue weighted by molar-refractivity contribution is 5.97. The minimum atomic E-state index is -0.0554. The molecule has 0 saturated heterocycles. The summed E-state index contributed by atoms with van der Waals surface area (Å²) in [4.78, 5) is 27.4. The normalized spacial score (nSPS) is 14.4. The van der Waals surface area contributed by atoms with Gasteiger partial charge in [0, 0.05) is 36.8 Å². The Morgan fingerprint density at radius 2 is 1.72 bits per heavy atom. The molecular weight excluding hydrogens is 362 g/mol. The predicted molar refractivity (Wildman–Crippen MR) is 117 cm³/mol. The quantitative estimate of drug-likeness (QED) is 0.715. The molecule has 1 aliphatic rings. The molecule has 1 fully saturated rings. The number of benzene rings is 2. The topological polar surface area (TPSA) is 75.4 Å². The van der Waals surface area contributed by atoms with Crippen molar-refractivity contribution in [2.75, 3.05) is 25.0 Å². The molecule has 0 radical (unpaired) electrons. The zero-order chi connectivity index (χ0) is 20.5. The smallest absolute Gasteiger partial charge is 0.253 e. The van der Waals surface area contributed by atoms with E-state index in [4.69, 9.17) is 5.73 Å². The number of nitrogens with two attached hydrogens (primary N) is 1. The molecular formula is C24H31N3O2. The van der Waals surface area contributed by atoms with Gasteiger partial charge in [-0.25, -0.2) is 0 Å². The second-order valence-electron chi connectivity index (χ2n) is 7.72. The van der Waals surface area contributed by atoms with E-state index in [9.17, 15) is 9.59 Å². The number of rotatable bonds is 8. The Hall–Kier alpha value is -2.66. The Labute approximate surface area is 173 Å². The third-order valence-electron chi connectivity index (χ3n) is 5.55. The van der Waals surface area contributed by atoms with Crippen LogP contribution in [0.25, 0.3) is 0 Å². The van der Waals surface area contributed by atoms with Crippen LogP contribution in [0.2, 0.25) is 0 Å². The van der Waals surface area contributed by atoms with Crippen molar-refractivity contribution in [3.63, 3.8) is 0 Å². The Balaban J connectivity index is 1.64. The maximum absolute atomic E-state index is 13.1. The molecule has 1 aliphatic carbocycles. The van der Waals surface area contributed by atoms with Crippen LogP contribution < -0.4 is 11.1 Å². The standard InChI is InChI=1S/C24H31N3O2/c25-15-17-27(16-14-19-8-3-1-4-9-19)24(29)21-12-7-13-22(18-21)26-23(28)20-10-5-2-6-11-20/h1,3-4,7-9,12-13,18,20H,2,5-6,10-11,14-17,25H2,(H,26,28). The number of nitrogens with zero attached hydrogens (tertiary/aromatic N) is 1. The molecule has 1 saturated carbocycles. The van der Waals surface area contributed by atoms with E-state index in [1.54, 1.807) is 17.0 Å². The van der Waals surface area contributed by atoms with Crippen LogP contribution >= 0.6 is 0 Å². The van der Waals surface area contributed by atoms with Gasteiger partial charge in [0.25, 0.3) is 5.91 Å². The van der Waals surface area contributed by atoms with Gasteiger partial charge in [-0.1, -0.05) is 55.7 Å². The first-order chi connectivity index (χ1) is 14.2. The van der Waals surface area contributed by atoms with Crippen molar-refractivity contribution in [2.45, 2.75) is 38.5 Å². The van der Waals surface area contributed by atoms with Crippen LogP contribution in [0, 0.1) is 5.92 Å². The highest BCUT2D eigenvalue weighted by atomic mass is 16.2. The fourth-order valence-electron chi connectivity index (χ4n) is 3.90. The van der Waals surface area contributed by atoms with E-state index in [-0.39, 0.29) is 17.7 Å². The molecule has 2 aromatic carbocycles. The third-order valence-corrected chi connectivity index (χ3v) is 5.55. The van der Waals surface area contributed by atoms with Crippen molar-refractivity contribution in [1.82, 2.24) is 4.90 Å². The lowest BCUT2D eigenvalue weighted by molar-refractivity contribution is -0.120. The summed E-state index contributed by atoms with van der Waals surface area (Å²) in [7, 11) is 0. The highest BCUT2D eigenvalue weighted by Gasteiger charge is 2.21. The van der Waals surface area contributed by atoms with Crippen molar-refractivity contribution in [3.05, 3.63) is 65.7 Å². The van der Waals surface area contributed by atoms with E-state index >= 15 is 0 Å². The number of amides is 2. The summed E-state index contributed by atoms with van der Waals surface area (Å²) in [5, 5.41) is 3.00. The fraction of sp³-hybridized carbons (Fsp3) is 0.417. The zero-order valence-electron chi connectivity index (χ0n) is 17.0. The lowest BCUT2D eigenvalue weighted by Gasteiger charge is -2.23. The van der Waals surface area contributed by atoms with E-state index < -0.39 is 0 Å². The van der Waals surface area contributed by atoms with Crippen molar-refractivity contribution in [3.8, 4) is 0 Å². The van der Waals surface area contributed by atoms with Crippen LogP contribution in [0.3, 0.4) is 0 Å². The Morgan fingerprint density at radius 1 is 0.966 bits per heavy atom. The number of carbonyl (C=O) groups is 2. The summed E-state index contributed by atoms with van der Waals surface area (Å²) in [5.41, 5.74) is 8.19. The number of anilines is 1. The van der Waals surface area contributed by atoms with Gasteiger partial charge in [-0.2, -0.15) is 0 Å². The average molecular weight is 394 g/mol. The Morgan fingerprint density at radius 3 is 2.45 bits per heavy atom. The zero-order valence-corrected chi connectivity index (χ0v) is 17.0. The Kier molecular flexibility index (Phi) is 7.82. The summed E-state index contributed by atoms with van der Waals surface area (Å²) in [6, 6.07) is 17.3. The van der Waals surface area contributed by atoms with Gasteiger partial charge in [0.15, 0.2) is 0 Å². The highest BCUT2D eigenvalue weighted by Crippen LogP contribution is 2.25. The lowest BCUT2D eigenvalue weighted by atomic mass is 9.88. The van der Waals surface area contributed by atoms with Gasteiger partial charge in [-0.15, -0.1) is 0 Å². The molecule has 3 N–H and O–H groups in total. The molecule has 0 spiro atoms. The van der Waals surface area contributed by atoms with Crippen molar-refractivity contribution < 1.29 is 9.59 Å². The summed E-state index contributed by atoms with van der Waals surface area (Å²) in [5.74, 6) is 0.0973. The van der Waals surface area contributed by atoms with Gasteiger partial charge in [0.05, 0.1) is 0 Å². The van der Waals surface area contributed by atoms with Crippen molar-refractivity contribution >= 4 is 17.5 Å². The van der Waals surface area contributed by atoms with E-state index in [0.29, 0.717) is 30.9 Å². The molecule has 5 nitrogen and oxygen atoms in total. The van der Waals surface area contributed by atoms with Crippen molar-refractivity contribution in [2.24, 2.45) is 11.7 Å². The van der Waals surface area contributed by atoms with Crippen LogP contribution in [0.4, 0.5) is 5.69 Å². The first kappa shape index (κ1) is 21.1. The summed E-state index contributed by atoms with van der Waals surface area (Å²) in [6.07, 6.45) is 6.14. The number of hydrogen-bond acceptors (Lipinski definition) is 3. The molecule has 154 valence electrons. The van der Waals surface area contributed by atoms with Crippen LogP contribution in [-0.2, 0) is 11.2 Å². The summed E-state index contributed by atoms with van der Waals surface area (Å²) >= 11 is 0. The first-order valence-electron chi connectivity index (χ1n) is 10.6. The third kappa shape index (κ3) is 6.16. The molecule has 0 aliphatic heterocycles. The monoisotopic (exact) mass is 393 g/mol. The average Bonchev–Trinajstić information content (AvgIpc) is 2.77. The van der Waals surface area contributed by atoms with Gasteiger partial charge in [-0.05, 0) is 43.0 Å². The number of carbonyl (C=O) groups excluding carboxylic acids is 2. The van der Waals surface area contributed by atoms with E-state index in [1.165, 1.54) is 12.0 Å². The molecule has 2 amide bonds. The second-order valence-corrected chi connectivity index (χ2v) is 7.72. The van der Waals surface area contributed by atoms with E-state index in [1.807, 2.05) is 30.3 Å². The van der Waals surface area contributed by atoms with E-state index in [0.717, 1.165) is 32.1 Å². The molecule has 5 heteroatoms. The van der Waals surface area contributed by atoms with Crippen LogP contribution in [0.1, 0.15) is 48.0 Å². The van der Waals surface area contributed by atoms with Gasteiger partial charge in [0.1, 0.15) is 0 Å². The van der Waals surface area contributed by atoms with Crippen LogP contribution in [-0.4, -0.2) is 36.3 Å². The minimum Gasteiger partial charge on any atom is -0.337 e. The fourth-order valence-corrected chi connectivity index (χ4v) is 3.90. The largest absolute Gasteiger partial charge is 0.337 e. The second kappa shape index (κ2) is 10.8. The Bertz CT molecular complexity index is 801. The lowest BCUT2D eigenvalue weighted by Crippen LogP contribution is -2.37. The van der Waals surface area contributed by atoms with E-state index in [2.05, 4.69) is 17.4 Å². The molecule has 0 atom stereocenters. The molecule has 29 heavy (non-hydrogen) atoms. The van der Waals surface area contributed by atoms with Gasteiger partial charge in [0.2, 0.25) is 5.91 Å². The van der Waals surface area contributed by atoms with Crippen molar-refractivity contribution in [1.29, 1.82) is 0 Å². The summed E-state index contributed by atoms with van der Waals surface area (Å²) < 4.78 is 0. The minimum absolute atomic E-state index is 0.0554. The molecule has 0 bridgehead atoms. The number of nitrogens with one attached hydrogen (secondary N) is 1. The molecule has 2 aromatic rings. The summed E-state index contributed by atoms with van der Waals surface area (Å²) in [6.45, 7) is 1.53. The van der Waals surface area contributed by atoms with Crippen LogP contribution in [0.15, 0.2) is 54.6 Å². The number of hydrogen-bond donors (Lipinski definition) is 2. The SMILES string of the molecule is NCCN(CCc1ccccc1)C(=O)c1cccc(NC(=O)C2CCCCC2)c1. The van der Waals surface area contributed by atoms with Gasteiger partial charge in [-0.3, -0.25) is 9.59 Å².